The van der Waals surface area contributed by atoms with Gasteiger partial charge in [0.1, 0.15) is 0 Å². The number of piperazine rings is 1. The molecular weight excluding hydrogens is 639 g/mol. The first-order chi connectivity index (χ1) is 22.8. The van der Waals surface area contributed by atoms with Gasteiger partial charge in [0.05, 0.1) is 10.0 Å². The SMILES string of the molecule is CCN1CCN(C2CCN(C(=O)[C@@H](Cc3ccc(Cl)c(Cl)c3)OC(=O)N3CCC(N4CCc5ccccc5NC4=O)CC3)CC2)CC1. The molecule has 0 radical (unpaired) electrons. The van der Waals surface area contributed by atoms with Gasteiger partial charge in [-0.2, -0.15) is 0 Å². The third-order valence-electron chi connectivity index (χ3n) is 10.4. The van der Waals surface area contributed by atoms with Crippen molar-refractivity contribution in [1.29, 1.82) is 0 Å². The molecule has 3 fully saturated rings. The minimum atomic E-state index is -0.975. The molecule has 0 saturated carbocycles. The van der Waals surface area contributed by atoms with Gasteiger partial charge in [0.2, 0.25) is 0 Å². The van der Waals surface area contributed by atoms with Gasteiger partial charge < -0.3 is 29.7 Å². The topological polar surface area (TPSA) is 88.7 Å². The zero-order valence-corrected chi connectivity index (χ0v) is 28.7. The van der Waals surface area contributed by atoms with Gasteiger partial charge in [-0.05, 0) is 68.0 Å². The molecule has 47 heavy (non-hydrogen) atoms. The number of amides is 4. The molecule has 10 nitrogen and oxygen atoms in total. The molecule has 254 valence electrons. The quantitative estimate of drug-likeness (QED) is 0.430. The van der Waals surface area contributed by atoms with Gasteiger partial charge in [-0.15, -0.1) is 0 Å². The lowest BCUT2D eigenvalue weighted by Crippen LogP contribution is -2.55. The summed E-state index contributed by atoms with van der Waals surface area (Å²) in [5.41, 5.74) is 2.76. The zero-order valence-electron chi connectivity index (χ0n) is 27.2. The maximum atomic E-state index is 14.0. The number of carbonyl (C=O) groups is 3. The summed E-state index contributed by atoms with van der Waals surface area (Å²) in [6.45, 7) is 10.4. The summed E-state index contributed by atoms with van der Waals surface area (Å²) in [7, 11) is 0. The van der Waals surface area contributed by atoms with E-state index in [2.05, 4.69) is 22.0 Å². The fourth-order valence-corrected chi connectivity index (χ4v) is 7.77. The molecule has 0 aliphatic carbocycles. The van der Waals surface area contributed by atoms with E-state index >= 15 is 0 Å². The van der Waals surface area contributed by atoms with Crippen LogP contribution in [0.15, 0.2) is 42.5 Å². The van der Waals surface area contributed by atoms with Crippen molar-refractivity contribution >= 4 is 46.9 Å². The summed E-state index contributed by atoms with van der Waals surface area (Å²) in [5.74, 6) is -0.172. The summed E-state index contributed by atoms with van der Waals surface area (Å²) in [6.07, 6.45) is 2.62. The summed E-state index contributed by atoms with van der Waals surface area (Å²) < 4.78 is 6.02. The molecule has 6 rings (SSSR count). The molecule has 2 aromatic rings. The molecule has 1 atom stereocenters. The number of halogens is 2. The second-order valence-electron chi connectivity index (χ2n) is 13.1. The molecule has 0 aromatic heterocycles. The Balaban J connectivity index is 1.06. The van der Waals surface area contributed by atoms with Crippen LogP contribution in [0.2, 0.25) is 10.0 Å². The number of ether oxygens (including phenoxy) is 1. The predicted octanol–water partition coefficient (Wildman–Crippen LogP) is 5.22. The maximum Gasteiger partial charge on any atom is 0.410 e. The van der Waals surface area contributed by atoms with Gasteiger partial charge in [-0.1, -0.05) is 54.4 Å². The summed E-state index contributed by atoms with van der Waals surface area (Å²) in [4.78, 5) is 51.0. The molecular formula is C35H46Cl2N6O4. The van der Waals surface area contributed by atoms with Crippen LogP contribution >= 0.6 is 23.2 Å². The standard InChI is InChI=1S/C35H46Cl2N6O4/c1-2-39-19-21-40(22-20-39)27-10-14-41(15-11-27)33(44)32(24-25-7-8-29(36)30(37)23-25)47-35(46)42-16-12-28(13-17-42)43-18-9-26-5-3-4-6-31(26)38-34(43)45/h3-8,23,27-28,32H,2,9-22,24H2,1H3,(H,38,45)/t32-/m1/s1. The van der Waals surface area contributed by atoms with Crippen LogP contribution in [-0.4, -0.2) is 126 Å². The van der Waals surface area contributed by atoms with E-state index in [1.54, 1.807) is 17.0 Å². The van der Waals surface area contributed by atoms with Crippen LogP contribution in [0.1, 0.15) is 43.7 Å². The average Bonchev–Trinajstić information content (AvgIpc) is 3.27. The normalized spacial score (nSPS) is 21.2. The fourth-order valence-electron chi connectivity index (χ4n) is 7.45. The summed E-state index contributed by atoms with van der Waals surface area (Å²) in [5, 5.41) is 3.88. The fraction of sp³-hybridized carbons (Fsp3) is 0.571. The van der Waals surface area contributed by atoms with E-state index in [9.17, 15) is 14.4 Å². The summed E-state index contributed by atoms with van der Waals surface area (Å²) >= 11 is 12.5. The van der Waals surface area contributed by atoms with Crippen LogP contribution in [0, 0.1) is 0 Å². The van der Waals surface area contributed by atoms with E-state index in [1.165, 1.54) is 0 Å². The van der Waals surface area contributed by atoms with Crippen molar-refractivity contribution < 1.29 is 19.1 Å². The Kier molecular flexibility index (Phi) is 11.1. The number of carbonyl (C=O) groups excluding carboxylic acids is 3. The lowest BCUT2D eigenvalue weighted by Gasteiger charge is -2.43. The van der Waals surface area contributed by atoms with E-state index in [-0.39, 0.29) is 24.4 Å². The van der Waals surface area contributed by atoms with Gasteiger partial charge in [-0.25, -0.2) is 9.59 Å². The number of hydrogen-bond acceptors (Lipinski definition) is 6. The van der Waals surface area contributed by atoms with Gasteiger partial charge >= 0.3 is 12.1 Å². The highest BCUT2D eigenvalue weighted by molar-refractivity contribution is 6.42. The minimum absolute atomic E-state index is 0.0215. The van der Waals surface area contributed by atoms with Crippen LogP contribution in [0.4, 0.5) is 15.3 Å². The van der Waals surface area contributed by atoms with Crippen molar-refractivity contribution in [3.8, 4) is 0 Å². The molecule has 0 bridgehead atoms. The smallest absolute Gasteiger partial charge is 0.410 e. The Labute approximate surface area is 287 Å². The number of anilines is 1. The van der Waals surface area contributed by atoms with Crippen molar-refractivity contribution in [3.05, 3.63) is 63.6 Å². The molecule has 1 N–H and O–H groups in total. The van der Waals surface area contributed by atoms with Crippen molar-refractivity contribution in [2.24, 2.45) is 0 Å². The predicted molar refractivity (Wildman–Crippen MR) is 184 cm³/mol. The lowest BCUT2D eigenvalue weighted by molar-refractivity contribution is -0.142. The first-order valence-corrected chi connectivity index (χ1v) is 17.8. The Morgan fingerprint density at radius 3 is 2.23 bits per heavy atom. The van der Waals surface area contributed by atoms with Gasteiger partial charge in [0, 0.05) is 83.1 Å². The first kappa shape index (κ1) is 33.8. The van der Waals surface area contributed by atoms with Crippen molar-refractivity contribution in [2.45, 2.75) is 63.6 Å². The Morgan fingerprint density at radius 1 is 0.851 bits per heavy atom. The van der Waals surface area contributed by atoms with Crippen LogP contribution in [-0.2, 0) is 22.4 Å². The maximum absolute atomic E-state index is 14.0. The summed E-state index contributed by atoms with van der Waals surface area (Å²) in [6, 6.07) is 13.5. The highest BCUT2D eigenvalue weighted by Crippen LogP contribution is 2.27. The molecule has 2 aromatic carbocycles. The number of nitrogens with one attached hydrogen (secondary N) is 1. The Hall–Kier alpha value is -3.05. The number of nitrogens with zero attached hydrogens (tertiary/aromatic N) is 5. The molecule has 0 spiro atoms. The van der Waals surface area contributed by atoms with Crippen molar-refractivity contribution in [1.82, 2.24) is 24.5 Å². The molecule has 4 aliphatic heterocycles. The molecule has 3 saturated heterocycles. The number of urea groups is 1. The highest BCUT2D eigenvalue weighted by Gasteiger charge is 2.36. The van der Waals surface area contributed by atoms with Gasteiger partial charge in [0.25, 0.3) is 5.91 Å². The van der Waals surface area contributed by atoms with E-state index in [0.29, 0.717) is 61.7 Å². The zero-order chi connectivity index (χ0) is 32.9. The number of benzene rings is 2. The van der Waals surface area contributed by atoms with Gasteiger partial charge in [0.15, 0.2) is 6.10 Å². The van der Waals surface area contributed by atoms with Crippen molar-refractivity contribution in [2.75, 3.05) is 70.8 Å². The number of rotatable bonds is 7. The Morgan fingerprint density at radius 2 is 1.53 bits per heavy atom. The van der Waals surface area contributed by atoms with Crippen LogP contribution in [0.5, 0.6) is 0 Å². The lowest BCUT2D eigenvalue weighted by atomic mass is 10.0. The van der Waals surface area contributed by atoms with E-state index in [4.69, 9.17) is 27.9 Å². The number of likely N-dealkylation sites (tertiary alicyclic amines) is 2. The number of hydrogen-bond donors (Lipinski definition) is 1. The third kappa shape index (κ3) is 8.16. The molecule has 12 heteroatoms. The molecule has 4 amide bonds. The van der Waals surface area contributed by atoms with Crippen molar-refractivity contribution in [3.63, 3.8) is 0 Å². The monoisotopic (exact) mass is 684 g/mol. The third-order valence-corrected chi connectivity index (χ3v) is 11.1. The average molecular weight is 686 g/mol. The van der Waals surface area contributed by atoms with E-state index in [1.807, 2.05) is 40.1 Å². The first-order valence-electron chi connectivity index (χ1n) is 17.1. The van der Waals surface area contributed by atoms with Crippen LogP contribution in [0.25, 0.3) is 0 Å². The minimum Gasteiger partial charge on any atom is -0.436 e. The molecule has 0 unspecified atom stereocenters. The molecule has 4 heterocycles. The number of piperidine rings is 2. The largest absolute Gasteiger partial charge is 0.436 e. The number of likely N-dealkylation sites (N-methyl/N-ethyl adjacent to an activating group) is 1. The number of para-hydroxylation sites is 1. The second-order valence-corrected chi connectivity index (χ2v) is 13.9. The van der Waals surface area contributed by atoms with Crippen LogP contribution < -0.4 is 5.32 Å². The van der Waals surface area contributed by atoms with E-state index in [0.717, 1.165) is 68.8 Å². The number of fused-ring (bicyclic) bond motifs is 1. The Bertz CT molecular complexity index is 1420. The van der Waals surface area contributed by atoms with Gasteiger partial charge in [-0.3, -0.25) is 9.69 Å². The van der Waals surface area contributed by atoms with Crippen LogP contribution in [0.3, 0.4) is 0 Å². The molecule has 4 aliphatic rings. The highest BCUT2D eigenvalue weighted by atomic mass is 35.5. The second kappa shape index (κ2) is 15.4. The van der Waals surface area contributed by atoms with E-state index < -0.39 is 12.2 Å².